The minimum Gasteiger partial charge on any atom is -0.491 e. The summed E-state index contributed by atoms with van der Waals surface area (Å²) in [5.41, 5.74) is 0.180. The zero-order valence-corrected chi connectivity index (χ0v) is 19.5. The number of hydrogen-bond acceptors (Lipinski definition) is 3. The van der Waals surface area contributed by atoms with Gasteiger partial charge in [-0.15, -0.1) is 0 Å². The molecular formula is C24H31F3N4O2. The van der Waals surface area contributed by atoms with Crippen LogP contribution in [0.15, 0.2) is 29.3 Å². The molecule has 0 radical (unpaired) electrons. The second-order valence-electron chi connectivity index (χ2n) is 10.1. The van der Waals surface area contributed by atoms with Crippen LogP contribution in [0.1, 0.15) is 61.6 Å². The summed E-state index contributed by atoms with van der Waals surface area (Å²) in [5, 5.41) is 3.18. The normalized spacial score (nSPS) is 19.5. The lowest BCUT2D eigenvalue weighted by Crippen LogP contribution is -2.46. The van der Waals surface area contributed by atoms with Crippen molar-refractivity contribution in [1.82, 2.24) is 14.7 Å². The molecule has 0 bridgehead atoms. The average Bonchev–Trinajstić information content (AvgIpc) is 3.44. The van der Waals surface area contributed by atoms with Crippen LogP contribution in [0.25, 0.3) is 0 Å². The first kappa shape index (κ1) is 23.6. The predicted molar refractivity (Wildman–Crippen MR) is 118 cm³/mol. The van der Waals surface area contributed by atoms with Crippen LogP contribution in [0.4, 0.5) is 13.2 Å². The Morgan fingerprint density at radius 1 is 1.18 bits per heavy atom. The largest absolute Gasteiger partial charge is 0.491 e. The smallest absolute Gasteiger partial charge is 0.416 e. The molecule has 1 atom stereocenters. The van der Waals surface area contributed by atoms with E-state index < -0.39 is 17.6 Å². The van der Waals surface area contributed by atoms with Crippen LogP contribution in [-0.2, 0) is 25.2 Å². The van der Waals surface area contributed by atoms with Crippen LogP contribution in [0, 0.1) is 5.92 Å². The van der Waals surface area contributed by atoms with E-state index in [4.69, 9.17) is 4.74 Å². The van der Waals surface area contributed by atoms with Gasteiger partial charge >= 0.3 is 6.18 Å². The van der Waals surface area contributed by atoms with Crippen LogP contribution < -0.4 is 15.5 Å². The zero-order chi connectivity index (χ0) is 24.0. The van der Waals surface area contributed by atoms with Gasteiger partial charge in [-0.25, -0.2) is 0 Å². The minimum atomic E-state index is -4.57. The van der Waals surface area contributed by atoms with Crippen LogP contribution in [0.2, 0.25) is 0 Å². The number of nitrogens with zero attached hydrogens (tertiary/aromatic N) is 3. The number of nitrogens with one attached hydrogen (secondary N) is 1. The van der Waals surface area contributed by atoms with Crippen LogP contribution in [-0.4, -0.2) is 34.5 Å². The summed E-state index contributed by atoms with van der Waals surface area (Å²) in [6, 6.07) is 4.99. The monoisotopic (exact) mass is 464 g/mol. The fourth-order valence-electron chi connectivity index (χ4n) is 3.97. The summed E-state index contributed by atoms with van der Waals surface area (Å²) in [4.78, 5) is 17.5. The van der Waals surface area contributed by atoms with E-state index in [2.05, 4.69) is 31.1 Å². The van der Waals surface area contributed by atoms with Crippen molar-refractivity contribution in [3.8, 4) is 5.75 Å². The molecule has 6 nitrogen and oxygen atoms in total. The fraction of sp³-hybridized carbons (Fsp3) is 0.583. The number of carbonyl (C=O) groups is 1. The second kappa shape index (κ2) is 8.66. The number of carbonyl (C=O) groups excluding carboxylic acids is 1. The molecule has 0 unspecified atom stereocenters. The molecule has 2 fully saturated rings. The van der Waals surface area contributed by atoms with Crippen molar-refractivity contribution in [3.05, 3.63) is 46.6 Å². The lowest BCUT2D eigenvalue weighted by molar-refractivity contribution is -0.137. The van der Waals surface area contributed by atoms with Gasteiger partial charge in [-0.1, -0.05) is 20.8 Å². The average molecular weight is 465 g/mol. The molecule has 33 heavy (non-hydrogen) atoms. The number of rotatable bonds is 6. The van der Waals surface area contributed by atoms with Gasteiger partial charge in [0.1, 0.15) is 12.4 Å². The Bertz CT molecular complexity index is 1100. The first-order chi connectivity index (χ1) is 15.4. The maximum atomic E-state index is 13.4. The third kappa shape index (κ3) is 5.34. The summed E-state index contributed by atoms with van der Waals surface area (Å²) >= 11 is 0. The van der Waals surface area contributed by atoms with Gasteiger partial charge in [0.05, 0.1) is 11.1 Å². The molecule has 1 aromatic carbocycles. The maximum absolute atomic E-state index is 13.4. The Morgan fingerprint density at radius 2 is 1.88 bits per heavy atom. The number of alkyl halides is 3. The van der Waals surface area contributed by atoms with Gasteiger partial charge < -0.3 is 10.1 Å². The third-order valence-electron chi connectivity index (χ3n) is 6.26. The van der Waals surface area contributed by atoms with Gasteiger partial charge in [-0.3, -0.25) is 14.2 Å². The number of aromatic nitrogens is 2. The van der Waals surface area contributed by atoms with Crippen molar-refractivity contribution in [2.45, 2.75) is 64.2 Å². The first-order valence-corrected chi connectivity index (χ1v) is 11.4. The number of amides is 1. The van der Waals surface area contributed by atoms with Gasteiger partial charge in [0.25, 0.3) is 5.91 Å². The molecule has 1 aliphatic heterocycles. The standard InChI is InChI=1S/C24H31F3N4O2/c1-23(2,3)20-12-21(31(30(20)4)13-15-5-6-15)29-22(32)18-11-16(24(25,26)27)7-8-19(18)33-14-17-9-10-28-17/h7-8,11-12,15,17,28H,5-6,9-10,13-14H2,1-4H3/t17-/m0/s1. The molecule has 180 valence electrons. The quantitative estimate of drug-likeness (QED) is 0.702. The first-order valence-electron chi connectivity index (χ1n) is 11.4. The fourth-order valence-corrected chi connectivity index (χ4v) is 3.97. The Morgan fingerprint density at radius 3 is 2.42 bits per heavy atom. The summed E-state index contributed by atoms with van der Waals surface area (Å²) < 4.78 is 49.8. The molecule has 4 rings (SSSR count). The highest BCUT2D eigenvalue weighted by molar-refractivity contribution is 5.97. The molecule has 2 aromatic rings. The van der Waals surface area contributed by atoms with Crippen molar-refractivity contribution in [1.29, 1.82) is 0 Å². The third-order valence-corrected chi connectivity index (χ3v) is 6.26. The Kier molecular flexibility index (Phi) is 6.20. The number of ether oxygens (including phenoxy) is 1. The van der Waals surface area contributed by atoms with Crippen molar-refractivity contribution in [2.75, 3.05) is 13.2 Å². The summed E-state index contributed by atoms with van der Waals surface area (Å²) in [5.74, 6) is -0.0951. The summed E-state index contributed by atoms with van der Waals surface area (Å²) in [7, 11) is 1.93. The molecule has 2 aliphatic rings. The van der Waals surface area contributed by atoms with E-state index in [-0.39, 0.29) is 29.4 Å². The molecule has 1 aliphatic carbocycles. The molecule has 1 aromatic heterocycles. The van der Waals surface area contributed by atoms with E-state index in [0.717, 1.165) is 50.2 Å². The molecule has 9 heteroatoms. The Balaban J connectivity index is 1.74. The van der Waals surface area contributed by atoms with E-state index in [1.54, 1.807) is 0 Å². The van der Waals surface area contributed by atoms with Crippen LogP contribution >= 0.6 is 0 Å². The molecule has 1 saturated heterocycles. The van der Waals surface area contributed by atoms with Crippen molar-refractivity contribution in [3.63, 3.8) is 0 Å². The topological polar surface area (TPSA) is 60.6 Å². The van der Waals surface area contributed by atoms with Crippen molar-refractivity contribution in [2.24, 2.45) is 18.0 Å². The van der Waals surface area contributed by atoms with Gasteiger partial charge in [0.2, 0.25) is 0 Å². The van der Waals surface area contributed by atoms with E-state index in [1.807, 2.05) is 22.5 Å². The highest BCUT2D eigenvalue weighted by atomic mass is 19.4. The number of benzene rings is 1. The maximum Gasteiger partial charge on any atom is 0.416 e. The number of hydrogen-bond donors (Lipinski definition) is 1. The summed E-state index contributed by atoms with van der Waals surface area (Å²) in [6.45, 7) is 8.10. The van der Waals surface area contributed by atoms with Gasteiger partial charge in [0, 0.05) is 36.8 Å². The molecule has 1 saturated carbocycles. The van der Waals surface area contributed by atoms with Crippen molar-refractivity contribution < 1.29 is 22.7 Å². The Labute approximate surface area is 191 Å². The molecular weight excluding hydrogens is 433 g/mol. The molecule has 1 amide bonds. The van der Waals surface area contributed by atoms with Crippen molar-refractivity contribution >= 4 is 5.91 Å². The molecule has 0 spiro atoms. The van der Waals surface area contributed by atoms with Crippen LogP contribution in [0.3, 0.4) is 0 Å². The lowest BCUT2D eigenvalue weighted by Gasteiger charge is -2.27. The zero-order valence-electron chi connectivity index (χ0n) is 19.5. The lowest BCUT2D eigenvalue weighted by atomic mass is 9.92. The van der Waals surface area contributed by atoms with Gasteiger partial charge in [-0.2, -0.15) is 18.2 Å². The van der Waals surface area contributed by atoms with Gasteiger partial charge in [0.15, 0.2) is 5.49 Å². The predicted octanol–water partition coefficient (Wildman–Crippen LogP) is 4.03. The van der Waals surface area contributed by atoms with Gasteiger partial charge in [-0.05, 0) is 49.9 Å². The van der Waals surface area contributed by atoms with E-state index in [1.165, 1.54) is 6.07 Å². The minimum absolute atomic E-state index is 0.117. The SMILES string of the molecule is Cn1c(C(C)(C)C)cc(=NC(=O)c2cc(C(F)(F)F)ccc2OC[C@@H]2CCN2)n1CC1CC1. The summed E-state index contributed by atoms with van der Waals surface area (Å²) in [6.07, 6.45) is -1.40. The highest BCUT2D eigenvalue weighted by Gasteiger charge is 2.32. The molecule has 1 N–H and O–H groups in total. The van der Waals surface area contributed by atoms with E-state index in [9.17, 15) is 18.0 Å². The number of halogens is 3. The second-order valence-corrected chi connectivity index (χ2v) is 10.1. The van der Waals surface area contributed by atoms with Crippen LogP contribution in [0.5, 0.6) is 5.75 Å². The molecule has 2 heterocycles. The highest BCUT2D eigenvalue weighted by Crippen LogP contribution is 2.33. The Hall–Kier alpha value is -2.55. The van der Waals surface area contributed by atoms with E-state index >= 15 is 0 Å². The van der Waals surface area contributed by atoms with E-state index in [0.29, 0.717) is 11.4 Å².